The predicted octanol–water partition coefficient (Wildman–Crippen LogP) is 2.18. The molecule has 0 saturated heterocycles. The average Bonchev–Trinajstić information content (AvgIpc) is 3.42. The molecule has 0 spiro atoms. The Balaban J connectivity index is 1.66. The van der Waals surface area contributed by atoms with Crippen LogP contribution in [0.3, 0.4) is 0 Å². The van der Waals surface area contributed by atoms with Crippen molar-refractivity contribution >= 4 is 10.0 Å². The minimum Gasteiger partial charge on any atom is -0.241 e. The van der Waals surface area contributed by atoms with E-state index in [2.05, 4.69) is 9.97 Å². The van der Waals surface area contributed by atoms with E-state index in [-0.39, 0.29) is 11.1 Å². The van der Waals surface area contributed by atoms with Gasteiger partial charge in [0.05, 0.1) is 10.9 Å². The maximum atomic E-state index is 13.2. The van der Waals surface area contributed by atoms with Gasteiger partial charge in [-0.2, -0.15) is 0 Å². The number of sulfonamides is 1. The highest BCUT2D eigenvalue weighted by atomic mass is 32.2. The summed E-state index contributed by atoms with van der Waals surface area (Å²) in [5, 5.41) is -0.193. The number of nitrogens with zero attached hydrogens (tertiary/aromatic N) is 3. The van der Waals surface area contributed by atoms with E-state index in [0.717, 1.165) is 35.4 Å². The first kappa shape index (κ1) is 15.7. The van der Waals surface area contributed by atoms with Gasteiger partial charge in [0.25, 0.3) is 0 Å². The fraction of sp³-hybridized carbons (Fsp3) is 0.412. The summed E-state index contributed by atoms with van der Waals surface area (Å²) in [5.74, 6) is -0.291. The van der Waals surface area contributed by atoms with Crippen LogP contribution in [0.5, 0.6) is 0 Å². The highest BCUT2D eigenvalue weighted by Gasteiger charge is 2.40. The van der Waals surface area contributed by atoms with E-state index in [9.17, 15) is 12.8 Å². The molecule has 0 bridgehead atoms. The fourth-order valence-corrected chi connectivity index (χ4v) is 5.04. The zero-order valence-corrected chi connectivity index (χ0v) is 14.0. The summed E-state index contributed by atoms with van der Waals surface area (Å²) in [6.07, 6.45) is 4.20. The number of rotatable bonds is 3. The number of fused-ring (bicyclic) bond motifs is 1. The molecular weight excluding hydrogens is 329 g/mol. The smallest absolute Gasteiger partial charge is 0.217 e. The molecule has 0 amide bonds. The van der Waals surface area contributed by atoms with Gasteiger partial charge in [0.1, 0.15) is 12.1 Å². The number of benzene rings is 1. The van der Waals surface area contributed by atoms with Crippen LogP contribution in [0.2, 0.25) is 0 Å². The van der Waals surface area contributed by atoms with E-state index >= 15 is 0 Å². The third kappa shape index (κ3) is 2.82. The van der Waals surface area contributed by atoms with Crippen molar-refractivity contribution in [1.29, 1.82) is 0 Å². The first-order chi connectivity index (χ1) is 11.6. The SMILES string of the molecule is O=S(=O)(C1CC1)N1CCc2ncnc(-c3ccc(F)cc3)c2CC1. The third-order valence-electron chi connectivity index (χ3n) is 4.67. The molecule has 1 aromatic heterocycles. The Morgan fingerprint density at radius 3 is 2.46 bits per heavy atom. The first-order valence-corrected chi connectivity index (χ1v) is 9.63. The zero-order chi connectivity index (χ0) is 16.7. The highest BCUT2D eigenvalue weighted by molar-refractivity contribution is 7.90. The molecule has 1 fully saturated rings. The monoisotopic (exact) mass is 347 g/mol. The Bertz CT molecular complexity index is 864. The fourth-order valence-electron chi connectivity index (χ4n) is 3.19. The molecular formula is C17H18FN3O2S. The lowest BCUT2D eigenvalue weighted by atomic mass is 10.0. The summed E-state index contributed by atoms with van der Waals surface area (Å²) < 4.78 is 39.7. The van der Waals surface area contributed by atoms with Gasteiger partial charge in [-0.05, 0) is 43.5 Å². The van der Waals surface area contributed by atoms with Gasteiger partial charge in [-0.1, -0.05) is 0 Å². The van der Waals surface area contributed by atoms with Crippen molar-refractivity contribution in [1.82, 2.24) is 14.3 Å². The molecule has 1 aliphatic carbocycles. The molecule has 1 aromatic carbocycles. The van der Waals surface area contributed by atoms with Crippen LogP contribution in [0.25, 0.3) is 11.3 Å². The van der Waals surface area contributed by atoms with Crippen LogP contribution >= 0.6 is 0 Å². The van der Waals surface area contributed by atoms with Gasteiger partial charge in [-0.25, -0.2) is 27.1 Å². The van der Waals surface area contributed by atoms with Crippen molar-refractivity contribution in [3.63, 3.8) is 0 Å². The minimum absolute atomic E-state index is 0.193. The van der Waals surface area contributed by atoms with Crippen LogP contribution in [0, 0.1) is 5.82 Å². The van der Waals surface area contributed by atoms with E-state index in [1.807, 2.05) is 0 Å². The number of hydrogen-bond donors (Lipinski definition) is 0. The van der Waals surface area contributed by atoms with Gasteiger partial charge in [0.15, 0.2) is 0 Å². The lowest BCUT2D eigenvalue weighted by molar-refractivity contribution is 0.425. The molecule has 4 rings (SSSR count). The Morgan fingerprint density at radius 1 is 1.04 bits per heavy atom. The van der Waals surface area contributed by atoms with E-state index in [1.165, 1.54) is 18.5 Å². The quantitative estimate of drug-likeness (QED) is 0.854. The highest BCUT2D eigenvalue weighted by Crippen LogP contribution is 2.33. The normalized spacial score (nSPS) is 18.9. The van der Waals surface area contributed by atoms with Gasteiger partial charge in [0.2, 0.25) is 10.0 Å². The first-order valence-electron chi connectivity index (χ1n) is 8.13. The van der Waals surface area contributed by atoms with Crippen molar-refractivity contribution in [2.75, 3.05) is 13.1 Å². The Kier molecular flexibility index (Phi) is 3.85. The van der Waals surface area contributed by atoms with Crippen LogP contribution in [-0.4, -0.2) is 41.0 Å². The summed E-state index contributed by atoms with van der Waals surface area (Å²) in [6.45, 7) is 0.916. The van der Waals surface area contributed by atoms with E-state index < -0.39 is 10.0 Å². The summed E-state index contributed by atoms with van der Waals surface area (Å²) in [4.78, 5) is 8.72. The average molecular weight is 347 g/mol. The van der Waals surface area contributed by atoms with Crippen LogP contribution in [0.15, 0.2) is 30.6 Å². The van der Waals surface area contributed by atoms with Crippen LogP contribution < -0.4 is 0 Å². The maximum absolute atomic E-state index is 13.2. The molecule has 2 aromatic rings. The molecule has 126 valence electrons. The summed E-state index contributed by atoms with van der Waals surface area (Å²) >= 11 is 0. The standard InChI is InChI=1S/C17H18FN3O2S/c18-13-3-1-12(2-4-13)17-15-7-9-21(24(22,23)14-5-6-14)10-8-16(15)19-11-20-17/h1-4,11,14H,5-10H2. The molecule has 2 heterocycles. The lowest BCUT2D eigenvalue weighted by Gasteiger charge is -2.19. The Morgan fingerprint density at radius 2 is 1.75 bits per heavy atom. The van der Waals surface area contributed by atoms with Crippen molar-refractivity contribution in [2.45, 2.75) is 30.9 Å². The second-order valence-corrected chi connectivity index (χ2v) is 8.51. The van der Waals surface area contributed by atoms with Crippen LogP contribution in [0.4, 0.5) is 4.39 Å². The molecule has 5 nitrogen and oxygen atoms in total. The van der Waals surface area contributed by atoms with Crippen molar-refractivity contribution < 1.29 is 12.8 Å². The molecule has 0 unspecified atom stereocenters. The van der Waals surface area contributed by atoms with E-state index in [1.54, 1.807) is 16.4 Å². The molecule has 0 N–H and O–H groups in total. The second-order valence-electron chi connectivity index (χ2n) is 6.30. The van der Waals surface area contributed by atoms with E-state index in [4.69, 9.17) is 0 Å². The summed E-state index contributed by atoms with van der Waals surface area (Å²) in [7, 11) is -3.18. The van der Waals surface area contributed by atoms with Crippen molar-refractivity contribution in [2.24, 2.45) is 0 Å². The maximum Gasteiger partial charge on any atom is 0.217 e. The van der Waals surface area contributed by atoms with Gasteiger partial charge < -0.3 is 0 Å². The number of hydrogen-bond acceptors (Lipinski definition) is 4. The number of aromatic nitrogens is 2. The molecule has 1 aliphatic heterocycles. The van der Waals surface area contributed by atoms with Gasteiger partial charge in [-0.3, -0.25) is 0 Å². The molecule has 1 saturated carbocycles. The molecule has 7 heteroatoms. The molecule has 0 radical (unpaired) electrons. The topological polar surface area (TPSA) is 63.2 Å². The Hall–Kier alpha value is -1.86. The predicted molar refractivity (Wildman–Crippen MR) is 88.3 cm³/mol. The van der Waals surface area contributed by atoms with Crippen molar-refractivity contribution in [3.8, 4) is 11.3 Å². The zero-order valence-electron chi connectivity index (χ0n) is 13.2. The molecule has 2 aliphatic rings. The van der Waals surface area contributed by atoms with Crippen LogP contribution in [-0.2, 0) is 22.9 Å². The summed E-state index contributed by atoms with van der Waals surface area (Å²) in [6, 6.07) is 6.21. The van der Waals surface area contributed by atoms with Gasteiger partial charge in [0, 0.05) is 36.3 Å². The third-order valence-corrected chi connectivity index (χ3v) is 7.07. The van der Waals surface area contributed by atoms with Gasteiger partial charge >= 0.3 is 0 Å². The second kappa shape index (κ2) is 5.89. The van der Waals surface area contributed by atoms with Gasteiger partial charge in [-0.15, -0.1) is 0 Å². The van der Waals surface area contributed by atoms with Crippen molar-refractivity contribution in [3.05, 3.63) is 47.7 Å². The lowest BCUT2D eigenvalue weighted by Crippen LogP contribution is -2.35. The van der Waals surface area contributed by atoms with E-state index in [0.29, 0.717) is 25.9 Å². The molecule has 0 atom stereocenters. The minimum atomic E-state index is -3.18. The Labute approximate surface area is 140 Å². The number of halogens is 1. The largest absolute Gasteiger partial charge is 0.241 e. The van der Waals surface area contributed by atoms with Crippen LogP contribution in [0.1, 0.15) is 24.1 Å². The summed E-state index contributed by atoms with van der Waals surface area (Å²) in [5.41, 5.74) is 3.45. The molecule has 24 heavy (non-hydrogen) atoms.